The van der Waals surface area contributed by atoms with Crippen molar-refractivity contribution in [3.8, 4) is 5.69 Å². The predicted molar refractivity (Wildman–Crippen MR) is 70.2 cm³/mol. The highest BCUT2D eigenvalue weighted by Crippen LogP contribution is 2.20. The fourth-order valence-electron chi connectivity index (χ4n) is 1.97. The molecule has 0 spiro atoms. The molecule has 0 saturated carbocycles. The Labute approximate surface area is 99.5 Å². The molecule has 3 nitrogen and oxygen atoms in total. The minimum Gasteiger partial charge on any atom is -0.399 e. The van der Waals surface area contributed by atoms with Crippen molar-refractivity contribution in [3.05, 3.63) is 54.2 Å². The third-order valence-electron chi connectivity index (χ3n) is 2.98. The van der Waals surface area contributed by atoms with Crippen LogP contribution in [0.3, 0.4) is 0 Å². The van der Waals surface area contributed by atoms with Crippen LogP contribution >= 0.6 is 0 Å². The Morgan fingerprint density at radius 3 is 2.76 bits per heavy atom. The van der Waals surface area contributed by atoms with Crippen molar-refractivity contribution in [2.24, 2.45) is 0 Å². The number of fused-ring (bicyclic) bond motifs is 1. The number of hydrogen-bond donors (Lipinski definition) is 1. The topological polar surface area (TPSA) is 43.8 Å². The first-order valence-electron chi connectivity index (χ1n) is 5.55. The Hall–Kier alpha value is -2.29. The van der Waals surface area contributed by atoms with Crippen molar-refractivity contribution < 1.29 is 0 Å². The lowest BCUT2D eigenvalue weighted by Gasteiger charge is -2.06. The maximum Gasteiger partial charge on any atom is 0.0741 e. The van der Waals surface area contributed by atoms with Crippen LogP contribution in [-0.2, 0) is 0 Å². The third kappa shape index (κ3) is 1.56. The molecular formula is C14H13N3. The summed E-state index contributed by atoms with van der Waals surface area (Å²) in [6.45, 7) is 2.00. The van der Waals surface area contributed by atoms with Gasteiger partial charge in [-0.15, -0.1) is 0 Å². The number of hydrogen-bond acceptors (Lipinski definition) is 2. The van der Waals surface area contributed by atoms with Gasteiger partial charge in [-0.25, -0.2) is 4.68 Å². The molecule has 84 valence electrons. The van der Waals surface area contributed by atoms with Gasteiger partial charge in [0.05, 0.1) is 17.4 Å². The fraction of sp³-hybridized carbons (Fsp3) is 0.0714. The molecule has 2 aromatic carbocycles. The minimum absolute atomic E-state index is 0.810. The molecule has 0 amide bonds. The van der Waals surface area contributed by atoms with Gasteiger partial charge in [-0.05, 0) is 36.8 Å². The monoisotopic (exact) mass is 223 g/mol. The number of benzene rings is 2. The molecule has 0 fully saturated rings. The van der Waals surface area contributed by atoms with Gasteiger partial charge in [-0.1, -0.05) is 18.2 Å². The summed E-state index contributed by atoms with van der Waals surface area (Å²) in [6, 6.07) is 14.1. The first-order chi connectivity index (χ1) is 8.25. The lowest BCUT2D eigenvalue weighted by molar-refractivity contribution is 0.909. The predicted octanol–water partition coefficient (Wildman–Crippen LogP) is 2.92. The van der Waals surface area contributed by atoms with E-state index in [0.29, 0.717) is 0 Å². The average Bonchev–Trinajstić information content (AvgIpc) is 2.76. The van der Waals surface area contributed by atoms with E-state index in [-0.39, 0.29) is 0 Å². The molecule has 17 heavy (non-hydrogen) atoms. The highest BCUT2D eigenvalue weighted by Gasteiger charge is 2.04. The van der Waals surface area contributed by atoms with Crippen LogP contribution in [0.4, 0.5) is 5.69 Å². The normalized spacial score (nSPS) is 10.9. The second-order valence-electron chi connectivity index (χ2n) is 4.16. The average molecular weight is 223 g/mol. The van der Waals surface area contributed by atoms with Gasteiger partial charge in [0.15, 0.2) is 0 Å². The molecule has 3 heteroatoms. The fourth-order valence-corrected chi connectivity index (χ4v) is 1.97. The van der Waals surface area contributed by atoms with Crippen molar-refractivity contribution in [2.45, 2.75) is 6.92 Å². The van der Waals surface area contributed by atoms with E-state index >= 15 is 0 Å². The number of aryl methyl sites for hydroxylation is 1. The molecule has 0 atom stereocenters. The summed E-state index contributed by atoms with van der Waals surface area (Å²) in [4.78, 5) is 0. The quantitative estimate of drug-likeness (QED) is 0.644. The molecule has 1 heterocycles. The molecule has 0 bridgehead atoms. The lowest BCUT2D eigenvalue weighted by Crippen LogP contribution is -1.98. The van der Waals surface area contributed by atoms with Gasteiger partial charge in [0.2, 0.25) is 0 Å². The molecule has 1 aromatic heterocycles. The smallest absolute Gasteiger partial charge is 0.0741 e. The summed E-state index contributed by atoms with van der Waals surface area (Å²) in [5, 5.41) is 5.55. The highest BCUT2D eigenvalue weighted by atomic mass is 15.3. The van der Waals surface area contributed by atoms with E-state index in [4.69, 9.17) is 5.73 Å². The second kappa shape index (κ2) is 3.63. The minimum atomic E-state index is 0.810. The first-order valence-corrected chi connectivity index (χ1v) is 5.55. The van der Waals surface area contributed by atoms with Crippen LogP contribution in [0.15, 0.2) is 48.7 Å². The summed E-state index contributed by atoms with van der Waals surface area (Å²) in [5.74, 6) is 0. The number of nitrogens with zero attached hydrogens (tertiary/aromatic N) is 2. The Morgan fingerprint density at radius 1 is 1.12 bits per heavy atom. The van der Waals surface area contributed by atoms with E-state index in [2.05, 4.69) is 23.3 Å². The van der Waals surface area contributed by atoms with E-state index in [1.165, 1.54) is 0 Å². The third-order valence-corrected chi connectivity index (χ3v) is 2.98. The van der Waals surface area contributed by atoms with Gasteiger partial charge in [0.25, 0.3) is 0 Å². The number of para-hydroxylation sites is 1. The van der Waals surface area contributed by atoms with E-state index in [1.807, 2.05) is 42.1 Å². The number of anilines is 1. The van der Waals surface area contributed by atoms with Crippen LogP contribution < -0.4 is 5.73 Å². The zero-order chi connectivity index (χ0) is 11.8. The van der Waals surface area contributed by atoms with Crippen molar-refractivity contribution in [3.63, 3.8) is 0 Å². The van der Waals surface area contributed by atoms with Gasteiger partial charge in [-0.2, -0.15) is 5.10 Å². The molecule has 0 radical (unpaired) electrons. The van der Waals surface area contributed by atoms with Gasteiger partial charge in [-0.3, -0.25) is 0 Å². The van der Waals surface area contributed by atoms with Crippen LogP contribution in [0.25, 0.3) is 16.6 Å². The van der Waals surface area contributed by atoms with E-state index in [9.17, 15) is 0 Å². The van der Waals surface area contributed by atoms with Crippen molar-refractivity contribution in [1.29, 1.82) is 0 Å². The van der Waals surface area contributed by atoms with Crippen molar-refractivity contribution in [2.75, 3.05) is 5.73 Å². The summed E-state index contributed by atoms with van der Waals surface area (Å²) in [7, 11) is 0. The highest BCUT2D eigenvalue weighted by molar-refractivity contribution is 5.80. The molecule has 3 aromatic rings. The Bertz CT molecular complexity index is 683. The zero-order valence-electron chi connectivity index (χ0n) is 9.59. The number of aromatic nitrogens is 2. The van der Waals surface area contributed by atoms with Gasteiger partial charge >= 0.3 is 0 Å². The molecule has 0 aliphatic rings. The summed E-state index contributed by atoms with van der Waals surface area (Å²) in [6.07, 6.45) is 1.88. The van der Waals surface area contributed by atoms with Gasteiger partial charge in [0, 0.05) is 11.1 Å². The van der Waals surface area contributed by atoms with Gasteiger partial charge in [0.1, 0.15) is 0 Å². The molecule has 0 unspecified atom stereocenters. The number of nitrogen functional groups attached to an aromatic ring is 1. The standard InChI is InChI=1S/C14H13N3/c1-10-8-12(6-7-13(10)15)17-14-5-3-2-4-11(14)9-16-17/h2-9H,15H2,1H3. The number of nitrogens with two attached hydrogens (primary N) is 1. The molecule has 3 rings (SSSR count). The zero-order valence-corrected chi connectivity index (χ0v) is 9.59. The van der Waals surface area contributed by atoms with Crippen LogP contribution in [0, 0.1) is 6.92 Å². The molecular weight excluding hydrogens is 210 g/mol. The lowest BCUT2D eigenvalue weighted by atomic mass is 10.2. The summed E-state index contributed by atoms with van der Waals surface area (Å²) in [5.41, 5.74) is 9.85. The van der Waals surface area contributed by atoms with E-state index < -0.39 is 0 Å². The molecule has 0 aliphatic carbocycles. The maximum absolute atomic E-state index is 5.83. The number of rotatable bonds is 1. The SMILES string of the molecule is Cc1cc(-n2ncc3ccccc32)ccc1N. The second-order valence-corrected chi connectivity index (χ2v) is 4.16. The maximum atomic E-state index is 5.83. The van der Waals surface area contributed by atoms with Crippen LogP contribution in [-0.4, -0.2) is 9.78 Å². The Balaban J connectivity index is 2.24. The first kappa shape index (κ1) is 9.90. The van der Waals surface area contributed by atoms with Crippen LogP contribution in [0.5, 0.6) is 0 Å². The summed E-state index contributed by atoms with van der Waals surface area (Å²) < 4.78 is 1.93. The Morgan fingerprint density at radius 2 is 1.94 bits per heavy atom. The summed E-state index contributed by atoms with van der Waals surface area (Å²) >= 11 is 0. The van der Waals surface area contributed by atoms with Crippen LogP contribution in [0.2, 0.25) is 0 Å². The van der Waals surface area contributed by atoms with Crippen molar-refractivity contribution >= 4 is 16.6 Å². The van der Waals surface area contributed by atoms with Gasteiger partial charge < -0.3 is 5.73 Å². The molecule has 2 N–H and O–H groups in total. The largest absolute Gasteiger partial charge is 0.399 e. The molecule has 0 saturated heterocycles. The van der Waals surface area contributed by atoms with Crippen molar-refractivity contribution in [1.82, 2.24) is 9.78 Å². The molecule has 0 aliphatic heterocycles. The van der Waals surface area contributed by atoms with E-state index in [1.54, 1.807) is 0 Å². The van der Waals surface area contributed by atoms with Crippen LogP contribution in [0.1, 0.15) is 5.56 Å². The van der Waals surface area contributed by atoms with E-state index in [0.717, 1.165) is 27.8 Å². The Kier molecular flexibility index (Phi) is 2.11.